The molecule has 0 spiro atoms. The summed E-state index contributed by atoms with van der Waals surface area (Å²) in [6.45, 7) is 8.32. The number of sulfonamides is 1. The Hall–Kier alpha value is -2.63. The lowest BCUT2D eigenvalue weighted by atomic mass is 9.90. The van der Waals surface area contributed by atoms with Crippen LogP contribution in [0.4, 0.5) is 4.79 Å². The van der Waals surface area contributed by atoms with Gasteiger partial charge in [0.05, 0.1) is 6.61 Å². The van der Waals surface area contributed by atoms with Crippen LogP contribution < -0.4 is 9.46 Å². The minimum Gasteiger partial charge on any atom is -0.494 e. The van der Waals surface area contributed by atoms with Gasteiger partial charge in [-0.05, 0) is 76.3 Å². The highest BCUT2D eigenvalue weighted by molar-refractivity contribution is 7.91. The van der Waals surface area contributed by atoms with Crippen molar-refractivity contribution in [1.82, 2.24) is 9.62 Å². The van der Waals surface area contributed by atoms with E-state index in [0.29, 0.717) is 38.3 Å². The first-order valence-electron chi connectivity index (χ1n) is 11.5. The molecule has 2 heterocycles. The van der Waals surface area contributed by atoms with Crippen LogP contribution in [0, 0.1) is 5.92 Å². The minimum absolute atomic E-state index is 0.0340. The molecular weight excluding hydrogens is 492 g/mol. The molecule has 1 saturated heterocycles. The van der Waals surface area contributed by atoms with Gasteiger partial charge in [0.25, 0.3) is 10.0 Å². The zero-order valence-electron chi connectivity index (χ0n) is 20.3. The molecule has 11 heteroatoms. The van der Waals surface area contributed by atoms with Gasteiger partial charge in [0, 0.05) is 18.0 Å². The number of hydrogen-bond acceptors (Lipinski definition) is 7. The summed E-state index contributed by atoms with van der Waals surface area (Å²) in [7, 11) is -4.06. The highest BCUT2D eigenvalue weighted by atomic mass is 32.2. The number of carboxylic acids is 1. The molecule has 1 atom stereocenters. The van der Waals surface area contributed by atoms with Gasteiger partial charge < -0.3 is 19.5 Å². The number of aliphatic carboxylic acids is 1. The fraction of sp³-hybridized carbons (Fsp3) is 0.500. The molecule has 0 saturated carbocycles. The van der Waals surface area contributed by atoms with Crippen molar-refractivity contribution < 1.29 is 32.6 Å². The Kier molecular flexibility index (Phi) is 8.45. The van der Waals surface area contributed by atoms with Crippen LogP contribution in [0.3, 0.4) is 0 Å². The molecule has 0 radical (unpaired) electrons. The highest BCUT2D eigenvalue weighted by Gasteiger charge is 2.37. The van der Waals surface area contributed by atoms with Crippen LogP contribution in [-0.4, -0.2) is 61.8 Å². The van der Waals surface area contributed by atoms with Gasteiger partial charge in [-0.15, -0.1) is 11.3 Å². The van der Waals surface area contributed by atoms with E-state index in [2.05, 4.69) is 4.72 Å². The second-order valence-electron chi connectivity index (χ2n) is 9.32. The van der Waals surface area contributed by atoms with Crippen LogP contribution in [0.15, 0.2) is 40.6 Å². The van der Waals surface area contributed by atoms with E-state index in [4.69, 9.17) is 9.47 Å². The summed E-state index contributed by atoms with van der Waals surface area (Å²) in [6, 6.07) is 9.21. The summed E-state index contributed by atoms with van der Waals surface area (Å²) in [5.74, 6) is -1.02. The zero-order valence-corrected chi connectivity index (χ0v) is 21.9. The summed E-state index contributed by atoms with van der Waals surface area (Å²) < 4.78 is 39.4. The van der Waals surface area contributed by atoms with Crippen LogP contribution in [-0.2, 0) is 19.6 Å². The fourth-order valence-corrected chi connectivity index (χ4v) is 6.42. The minimum atomic E-state index is -4.06. The van der Waals surface area contributed by atoms with Crippen molar-refractivity contribution >= 4 is 33.4 Å². The number of carbonyl (C=O) groups excluding carboxylic acids is 1. The average molecular weight is 525 g/mol. The third-order valence-corrected chi connectivity index (χ3v) is 8.55. The molecule has 1 aromatic heterocycles. The van der Waals surface area contributed by atoms with Crippen LogP contribution in [0.5, 0.6) is 5.75 Å². The number of carbonyl (C=O) groups is 2. The summed E-state index contributed by atoms with van der Waals surface area (Å²) >= 11 is 1.06. The normalized spacial score (nSPS) is 16.1. The molecule has 1 amide bonds. The number of benzene rings is 1. The lowest BCUT2D eigenvalue weighted by Crippen LogP contribution is -2.50. The van der Waals surface area contributed by atoms with E-state index in [1.807, 2.05) is 31.2 Å². The number of hydrogen-bond donors (Lipinski definition) is 2. The summed E-state index contributed by atoms with van der Waals surface area (Å²) in [5, 5.41) is 9.79. The predicted octanol–water partition coefficient (Wildman–Crippen LogP) is 4.19. The number of piperidine rings is 1. The van der Waals surface area contributed by atoms with Crippen LogP contribution in [0.1, 0.15) is 40.5 Å². The van der Waals surface area contributed by atoms with Crippen molar-refractivity contribution in [3.8, 4) is 16.2 Å². The third kappa shape index (κ3) is 7.18. The van der Waals surface area contributed by atoms with Gasteiger partial charge in [-0.25, -0.2) is 13.2 Å². The molecule has 1 aliphatic heterocycles. The summed E-state index contributed by atoms with van der Waals surface area (Å²) in [4.78, 5) is 26.5. The highest BCUT2D eigenvalue weighted by Crippen LogP contribution is 2.33. The van der Waals surface area contributed by atoms with Crippen LogP contribution in [0.25, 0.3) is 10.4 Å². The number of nitrogens with one attached hydrogen (secondary N) is 1. The van der Waals surface area contributed by atoms with Crippen molar-refractivity contribution in [3.63, 3.8) is 0 Å². The van der Waals surface area contributed by atoms with Gasteiger partial charge in [-0.3, -0.25) is 4.79 Å². The van der Waals surface area contributed by atoms with Crippen LogP contribution >= 0.6 is 11.3 Å². The van der Waals surface area contributed by atoms with Crippen LogP contribution in [0.2, 0.25) is 0 Å². The van der Waals surface area contributed by atoms with Gasteiger partial charge in [-0.2, -0.15) is 4.72 Å². The Balaban J connectivity index is 1.69. The monoisotopic (exact) mass is 524 g/mol. The van der Waals surface area contributed by atoms with E-state index in [-0.39, 0.29) is 4.21 Å². The molecule has 1 fully saturated rings. The van der Waals surface area contributed by atoms with E-state index in [1.165, 1.54) is 11.0 Å². The number of likely N-dealkylation sites (tertiary alicyclic amines) is 1. The second-order valence-corrected chi connectivity index (χ2v) is 12.3. The van der Waals surface area contributed by atoms with E-state index in [0.717, 1.165) is 21.8 Å². The van der Waals surface area contributed by atoms with E-state index >= 15 is 0 Å². The van der Waals surface area contributed by atoms with E-state index < -0.39 is 39.6 Å². The Morgan fingerprint density at radius 3 is 2.49 bits per heavy atom. The van der Waals surface area contributed by atoms with Crippen molar-refractivity contribution in [2.75, 3.05) is 19.7 Å². The van der Waals surface area contributed by atoms with E-state index in [1.54, 1.807) is 26.8 Å². The number of ether oxygens (including phenoxy) is 2. The number of carboxylic acid groups (broad SMARTS) is 1. The molecule has 0 aliphatic carbocycles. The van der Waals surface area contributed by atoms with Gasteiger partial charge in [0.1, 0.15) is 21.6 Å². The SMILES string of the molecule is CCOc1cccc(-c2ccc(S(=O)(=O)N[C@@H](C(=O)O)C3CCN(C(=O)OC(C)(C)C)CC3)s2)c1. The molecule has 192 valence electrons. The maximum Gasteiger partial charge on any atom is 0.410 e. The first-order valence-corrected chi connectivity index (χ1v) is 13.8. The standard InChI is InChI=1S/C24H32N2O7S2/c1-5-32-18-8-6-7-17(15-18)19-9-10-20(34-19)35(30,31)25-21(22(27)28)16-11-13-26(14-12-16)23(29)33-24(2,3)4/h6-10,15-16,21,25H,5,11-14H2,1-4H3,(H,27,28)/t21-/m1/s1. The largest absolute Gasteiger partial charge is 0.494 e. The molecule has 1 aromatic carbocycles. The summed E-state index contributed by atoms with van der Waals surface area (Å²) in [6.07, 6.45) is 0.236. The molecule has 1 aliphatic rings. The fourth-order valence-electron chi connectivity index (χ4n) is 3.84. The van der Waals surface area contributed by atoms with Crippen molar-refractivity contribution in [3.05, 3.63) is 36.4 Å². The molecule has 0 bridgehead atoms. The molecule has 35 heavy (non-hydrogen) atoms. The molecule has 2 N–H and O–H groups in total. The average Bonchev–Trinajstić information content (AvgIpc) is 3.28. The maximum absolute atomic E-state index is 13.1. The Morgan fingerprint density at radius 1 is 1.20 bits per heavy atom. The quantitative estimate of drug-likeness (QED) is 0.531. The predicted molar refractivity (Wildman–Crippen MR) is 133 cm³/mol. The van der Waals surface area contributed by atoms with Crippen molar-refractivity contribution in [2.24, 2.45) is 5.92 Å². The maximum atomic E-state index is 13.1. The number of thiophene rings is 1. The summed E-state index contributed by atoms with van der Waals surface area (Å²) in [5.41, 5.74) is 0.184. The number of rotatable bonds is 8. The lowest BCUT2D eigenvalue weighted by Gasteiger charge is -2.35. The van der Waals surface area contributed by atoms with Gasteiger partial charge in [-0.1, -0.05) is 12.1 Å². The topological polar surface area (TPSA) is 122 Å². The van der Waals surface area contributed by atoms with Crippen molar-refractivity contribution in [2.45, 2.75) is 56.4 Å². The second kappa shape index (κ2) is 11.0. The number of amides is 1. The Morgan fingerprint density at radius 2 is 1.89 bits per heavy atom. The smallest absolute Gasteiger partial charge is 0.410 e. The molecule has 2 aromatic rings. The molecule has 3 rings (SSSR count). The van der Waals surface area contributed by atoms with Gasteiger partial charge in [0.15, 0.2) is 0 Å². The van der Waals surface area contributed by atoms with Gasteiger partial charge >= 0.3 is 12.1 Å². The first kappa shape index (κ1) is 27.0. The zero-order chi connectivity index (χ0) is 25.8. The number of nitrogens with zero attached hydrogens (tertiary/aromatic N) is 1. The lowest BCUT2D eigenvalue weighted by molar-refractivity contribution is -0.140. The molecule has 9 nitrogen and oxygen atoms in total. The molecular formula is C24H32N2O7S2. The first-order chi connectivity index (χ1) is 16.4. The van der Waals surface area contributed by atoms with Gasteiger partial charge in [0.2, 0.25) is 0 Å². The Bertz CT molecular complexity index is 1150. The Labute approximate surface area is 210 Å². The third-order valence-electron chi connectivity index (χ3n) is 5.49. The molecule has 0 unspecified atom stereocenters. The van der Waals surface area contributed by atoms with Crippen molar-refractivity contribution in [1.29, 1.82) is 0 Å². The van der Waals surface area contributed by atoms with E-state index in [9.17, 15) is 23.1 Å².